The zero-order valence-electron chi connectivity index (χ0n) is 12.7. The summed E-state index contributed by atoms with van der Waals surface area (Å²) in [7, 11) is 1.63. The third-order valence-corrected chi connectivity index (χ3v) is 3.18. The molecule has 0 aliphatic rings. The van der Waals surface area contributed by atoms with Crippen LogP contribution in [0.2, 0.25) is 0 Å². The molecule has 0 radical (unpaired) electrons. The van der Waals surface area contributed by atoms with E-state index in [4.69, 9.17) is 10.4 Å². The van der Waals surface area contributed by atoms with Crippen LogP contribution >= 0.6 is 0 Å². The third kappa shape index (κ3) is 7.62. The summed E-state index contributed by atoms with van der Waals surface area (Å²) in [6.07, 6.45) is 1.08. The first-order chi connectivity index (χ1) is 9.27. The summed E-state index contributed by atoms with van der Waals surface area (Å²) in [5, 5.41) is 20.2. The maximum Gasteiger partial charge on any atom is 0.317 e. The Balaban J connectivity index is 4.35. The Morgan fingerprint density at radius 2 is 1.95 bits per heavy atom. The van der Waals surface area contributed by atoms with E-state index in [0.29, 0.717) is 12.5 Å². The monoisotopic (exact) mass is 283 g/mol. The van der Waals surface area contributed by atoms with E-state index in [0.717, 1.165) is 6.42 Å². The molecule has 20 heavy (non-hydrogen) atoms. The SMILES string of the molecule is CC(C)C[C@H](CNC(=O)N(C)C(C)CC#N)CC(=O)O. The Bertz CT molecular complexity index is 363. The Labute approximate surface area is 120 Å². The summed E-state index contributed by atoms with van der Waals surface area (Å²) in [5.41, 5.74) is 0. The summed E-state index contributed by atoms with van der Waals surface area (Å²) >= 11 is 0. The van der Waals surface area contributed by atoms with E-state index >= 15 is 0 Å². The van der Waals surface area contributed by atoms with Crippen LogP contribution in [0.5, 0.6) is 0 Å². The molecule has 6 heteroatoms. The molecule has 1 unspecified atom stereocenters. The van der Waals surface area contributed by atoms with Crippen LogP contribution in [0, 0.1) is 23.2 Å². The summed E-state index contributed by atoms with van der Waals surface area (Å²) in [6, 6.07) is 1.59. The Morgan fingerprint density at radius 1 is 1.35 bits per heavy atom. The molecule has 0 saturated heterocycles. The molecule has 2 amide bonds. The molecule has 0 saturated carbocycles. The number of carbonyl (C=O) groups excluding carboxylic acids is 1. The molecule has 2 atom stereocenters. The lowest BCUT2D eigenvalue weighted by molar-refractivity contribution is -0.138. The summed E-state index contributed by atoms with van der Waals surface area (Å²) in [6.45, 7) is 6.19. The molecule has 0 aromatic heterocycles. The van der Waals surface area contributed by atoms with E-state index in [2.05, 4.69) is 5.32 Å². The number of carboxylic acid groups (broad SMARTS) is 1. The molecule has 0 bridgehead atoms. The third-order valence-electron chi connectivity index (χ3n) is 3.18. The van der Waals surface area contributed by atoms with Crippen molar-refractivity contribution >= 4 is 12.0 Å². The van der Waals surface area contributed by atoms with Gasteiger partial charge in [0.05, 0.1) is 12.5 Å². The summed E-state index contributed by atoms with van der Waals surface area (Å²) < 4.78 is 0. The molecular formula is C14H25N3O3. The van der Waals surface area contributed by atoms with Gasteiger partial charge in [-0.15, -0.1) is 0 Å². The highest BCUT2D eigenvalue weighted by molar-refractivity contribution is 5.74. The molecule has 0 aliphatic carbocycles. The van der Waals surface area contributed by atoms with Gasteiger partial charge in [-0.3, -0.25) is 4.79 Å². The van der Waals surface area contributed by atoms with Gasteiger partial charge in [0.2, 0.25) is 0 Å². The number of hydrogen-bond donors (Lipinski definition) is 2. The fourth-order valence-corrected chi connectivity index (χ4v) is 1.98. The summed E-state index contributed by atoms with van der Waals surface area (Å²) in [5.74, 6) is -0.543. The van der Waals surface area contributed by atoms with E-state index < -0.39 is 5.97 Å². The van der Waals surface area contributed by atoms with Crippen LogP contribution in [-0.4, -0.2) is 41.6 Å². The Hall–Kier alpha value is -1.77. The van der Waals surface area contributed by atoms with Gasteiger partial charge in [0.25, 0.3) is 0 Å². The van der Waals surface area contributed by atoms with Crippen LogP contribution in [0.25, 0.3) is 0 Å². The molecule has 114 valence electrons. The average molecular weight is 283 g/mol. The fourth-order valence-electron chi connectivity index (χ4n) is 1.98. The first-order valence-electron chi connectivity index (χ1n) is 6.87. The van der Waals surface area contributed by atoms with Crippen molar-refractivity contribution in [2.24, 2.45) is 11.8 Å². The first-order valence-corrected chi connectivity index (χ1v) is 6.87. The zero-order chi connectivity index (χ0) is 15.7. The van der Waals surface area contributed by atoms with Gasteiger partial charge in [-0.05, 0) is 25.2 Å². The number of nitrogens with one attached hydrogen (secondary N) is 1. The lowest BCUT2D eigenvalue weighted by Gasteiger charge is -2.25. The number of aliphatic carboxylic acids is 1. The number of nitriles is 1. The first kappa shape index (κ1) is 18.2. The van der Waals surface area contributed by atoms with Crippen molar-refractivity contribution in [2.45, 2.75) is 46.1 Å². The number of carbonyl (C=O) groups is 2. The van der Waals surface area contributed by atoms with Gasteiger partial charge in [0, 0.05) is 26.1 Å². The van der Waals surface area contributed by atoms with E-state index in [9.17, 15) is 9.59 Å². The highest BCUT2D eigenvalue weighted by atomic mass is 16.4. The van der Waals surface area contributed by atoms with Gasteiger partial charge < -0.3 is 15.3 Å². The molecule has 0 rings (SSSR count). The van der Waals surface area contributed by atoms with Gasteiger partial charge in [0.1, 0.15) is 0 Å². The molecule has 2 N–H and O–H groups in total. The highest BCUT2D eigenvalue weighted by Gasteiger charge is 2.19. The predicted octanol–water partition coefficient (Wildman–Crippen LogP) is 2.07. The zero-order valence-corrected chi connectivity index (χ0v) is 12.7. The largest absolute Gasteiger partial charge is 0.481 e. The molecule has 0 aromatic rings. The van der Waals surface area contributed by atoms with Crippen LogP contribution in [0.4, 0.5) is 4.79 Å². The molecule has 0 aliphatic heterocycles. The van der Waals surface area contributed by atoms with Crippen molar-refractivity contribution < 1.29 is 14.7 Å². The van der Waals surface area contributed by atoms with E-state index in [-0.39, 0.29) is 30.8 Å². The topological polar surface area (TPSA) is 93.4 Å². The number of carboxylic acids is 1. The second kappa shape index (κ2) is 9.18. The van der Waals surface area contributed by atoms with Gasteiger partial charge in [-0.2, -0.15) is 5.26 Å². The lowest BCUT2D eigenvalue weighted by Crippen LogP contribution is -2.44. The van der Waals surface area contributed by atoms with Crippen LogP contribution in [0.15, 0.2) is 0 Å². The molecule has 0 heterocycles. The molecule has 0 aromatic carbocycles. The Morgan fingerprint density at radius 3 is 2.40 bits per heavy atom. The van der Waals surface area contributed by atoms with E-state index in [1.807, 2.05) is 19.9 Å². The minimum atomic E-state index is -0.851. The van der Waals surface area contributed by atoms with Gasteiger partial charge in [-0.1, -0.05) is 13.8 Å². The number of amides is 2. The van der Waals surface area contributed by atoms with Gasteiger partial charge >= 0.3 is 12.0 Å². The second-order valence-electron chi connectivity index (χ2n) is 5.60. The van der Waals surface area contributed by atoms with Gasteiger partial charge in [-0.25, -0.2) is 4.79 Å². The molecule has 0 spiro atoms. The van der Waals surface area contributed by atoms with Crippen molar-refractivity contribution in [3.05, 3.63) is 0 Å². The second-order valence-corrected chi connectivity index (χ2v) is 5.60. The van der Waals surface area contributed by atoms with Crippen LogP contribution in [0.1, 0.15) is 40.0 Å². The molecule has 0 fully saturated rings. The van der Waals surface area contributed by atoms with E-state index in [1.54, 1.807) is 14.0 Å². The maximum atomic E-state index is 11.9. The fraction of sp³-hybridized carbons (Fsp3) is 0.786. The van der Waals surface area contributed by atoms with Crippen molar-refractivity contribution in [2.75, 3.05) is 13.6 Å². The quantitative estimate of drug-likeness (QED) is 0.713. The van der Waals surface area contributed by atoms with Crippen LogP contribution < -0.4 is 5.32 Å². The van der Waals surface area contributed by atoms with Crippen LogP contribution in [-0.2, 0) is 4.79 Å². The normalized spacial score (nSPS) is 13.4. The number of nitrogens with zero attached hydrogens (tertiary/aromatic N) is 2. The van der Waals surface area contributed by atoms with Crippen molar-refractivity contribution in [3.63, 3.8) is 0 Å². The molecular weight excluding hydrogens is 258 g/mol. The van der Waals surface area contributed by atoms with Crippen LogP contribution in [0.3, 0.4) is 0 Å². The summed E-state index contributed by atoms with van der Waals surface area (Å²) in [4.78, 5) is 24.2. The smallest absolute Gasteiger partial charge is 0.317 e. The van der Waals surface area contributed by atoms with Crippen molar-refractivity contribution in [1.82, 2.24) is 10.2 Å². The van der Waals surface area contributed by atoms with Crippen molar-refractivity contribution in [1.29, 1.82) is 5.26 Å². The highest BCUT2D eigenvalue weighted by Crippen LogP contribution is 2.15. The number of rotatable bonds is 8. The minimum absolute atomic E-state index is 0.0515. The minimum Gasteiger partial charge on any atom is -0.481 e. The maximum absolute atomic E-state index is 11.9. The number of hydrogen-bond acceptors (Lipinski definition) is 3. The predicted molar refractivity (Wildman–Crippen MR) is 76.1 cm³/mol. The number of urea groups is 1. The van der Waals surface area contributed by atoms with E-state index in [1.165, 1.54) is 4.90 Å². The lowest BCUT2D eigenvalue weighted by atomic mass is 9.94. The average Bonchev–Trinajstić information content (AvgIpc) is 2.33. The van der Waals surface area contributed by atoms with Gasteiger partial charge in [0.15, 0.2) is 0 Å². The van der Waals surface area contributed by atoms with Crippen molar-refractivity contribution in [3.8, 4) is 6.07 Å². The Kier molecular flexibility index (Phi) is 8.37. The molecule has 6 nitrogen and oxygen atoms in total. The standard InChI is InChI=1S/C14H25N3O3/c1-10(2)7-12(8-13(18)19)9-16-14(20)17(4)11(3)5-6-15/h10-12H,5,7-9H2,1-4H3,(H,16,20)(H,18,19)/t11?,12-/m0/s1.